The maximum atomic E-state index is 12.7. The minimum atomic E-state index is -3.54. The summed E-state index contributed by atoms with van der Waals surface area (Å²) in [7, 11) is -3.54. The average molecular weight is 336 g/mol. The summed E-state index contributed by atoms with van der Waals surface area (Å²) in [6, 6.07) is 5.12. The fraction of sp³-hybridized carbons (Fsp3) is 0.467. The number of carbonyl (C=O) groups is 1. The fourth-order valence-electron chi connectivity index (χ4n) is 3.17. The first kappa shape index (κ1) is 15.9. The molecule has 1 amide bonds. The average Bonchev–Trinajstić information content (AvgIpc) is 3.11. The Kier molecular flexibility index (Phi) is 3.89. The zero-order valence-electron chi connectivity index (χ0n) is 12.9. The number of hydrogen-bond acceptors (Lipinski definition) is 5. The highest BCUT2D eigenvalue weighted by Crippen LogP contribution is 2.29. The quantitative estimate of drug-likeness (QED) is 0.856. The second-order valence-corrected chi connectivity index (χ2v) is 8.03. The van der Waals surface area contributed by atoms with Crippen molar-refractivity contribution < 1.29 is 13.2 Å². The summed E-state index contributed by atoms with van der Waals surface area (Å²) in [5.41, 5.74) is 6.02. The number of rotatable bonds is 4. The summed E-state index contributed by atoms with van der Waals surface area (Å²) in [5.74, 6) is -0.379. The zero-order chi connectivity index (χ0) is 16.7. The van der Waals surface area contributed by atoms with Gasteiger partial charge in [0.15, 0.2) is 5.69 Å². The van der Waals surface area contributed by atoms with Crippen LogP contribution in [-0.4, -0.2) is 42.0 Å². The van der Waals surface area contributed by atoms with Gasteiger partial charge in [0.05, 0.1) is 11.1 Å². The van der Waals surface area contributed by atoms with Crippen molar-refractivity contribution in [1.29, 1.82) is 0 Å². The van der Waals surface area contributed by atoms with E-state index in [4.69, 9.17) is 5.73 Å². The molecule has 0 aliphatic heterocycles. The third kappa shape index (κ3) is 2.84. The third-order valence-corrected chi connectivity index (χ3v) is 5.34. The second kappa shape index (κ2) is 5.61. The first-order chi connectivity index (χ1) is 10.9. The monoisotopic (exact) mass is 336 g/mol. The van der Waals surface area contributed by atoms with Crippen LogP contribution in [-0.2, 0) is 9.84 Å². The van der Waals surface area contributed by atoms with E-state index in [1.54, 1.807) is 24.4 Å². The first-order valence-electron chi connectivity index (χ1n) is 7.56. The second-order valence-electron chi connectivity index (χ2n) is 6.12. The Labute approximate surface area is 134 Å². The van der Waals surface area contributed by atoms with Gasteiger partial charge in [0.2, 0.25) is 15.0 Å². The molecule has 8 heteroatoms. The third-order valence-electron chi connectivity index (χ3n) is 4.39. The minimum Gasteiger partial charge on any atom is -0.344 e. The molecule has 0 radical (unpaired) electrons. The van der Waals surface area contributed by atoms with E-state index in [2.05, 4.69) is 10.3 Å². The highest BCUT2D eigenvalue weighted by Gasteiger charge is 2.35. The van der Waals surface area contributed by atoms with Crippen LogP contribution in [0, 0.1) is 0 Å². The van der Waals surface area contributed by atoms with Gasteiger partial charge in [-0.15, -0.1) is 0 Å². The number of aromatic nitrogens is 2. The van der Waals surface area contributed by atoms with E-state index in [0.29, 0.717) is 12.1 Å². The number of sulfone groups is 1. The highest BCUT2D eigenvalue weighted by molar-refractivity contribution is 7.90. The van der Waals surface area contributed by atoms with E-state index in [0.717, 1.165) is 31.9 Å². The Balaban J connectivity index is 2.04. The van der Waals surface area contributed by atoms with Crippen molar-refractivity contribution in [3.05, 3.63) is 30.1 Å². The molecule has 0 aromatic carbocycles. The molecule has 2 aromatic rings. The number of hydrogen-bond donors (Lipinski definition) is 2. The largest absolute Gasteiger partial charge is 0.344 e. The topological polar surface area (TPSA) is 107 Å². The maximum absolute atomic E-state index is 12.7. The molecule has 124 valence electrons. The van der Waals surface area contributed by atoms with E-state index >= 15 is 0 Å². The number of pyridine rings is 1. The predicted molar refractivity (Wildman–Crippen MR) is 86.0 cm³/mol. The molecule has 0 bridgehead atoms. The summed E-state index contributed by atoms with van der Waals surface area (Å²) in [6.07, 6.45) is 6.38. The van der Waals surface area contributed by atoms with Crippen LogP contribution in [0.5, 0.6) is 0 Å². The number of nitrogens with zero attached hydrogens (tertiary/aromatic N) is 2. The molecule has 0 unspecified atom stereocenters. The summed E-state index contributed by atoms with van der Waals surface area (Å²) in [6.45, 7) is 0.365. The number of fused-ring (bicyclic) bond motifs is 1. The molecule has 0 saturated heterocycles. The molecule has 0 spiro atoms. The molecule has 3 N–H and O–H groups in total. The predicted octanol–water partition coefficient (Wildman–Crippen LogP) is 0.739. The SMILES string of the molecule is CS(=O)(=O)c1nc(C(=O)NC2(CN)CCCC2)c2ccccn12. The van der Waals surface area contributed by atoms with Gasteiger partial charge in [-0.2, -0.15) is 0 Å². The molecule has 1 aliphatic carbocycles. The molecule has 1 saturated carbocycles. The Morgan fingerprint density at radius 1 is 1.39 bits per heavy atom. The fourth-order valence-corrected chi connectivity index (χ4v) is 3.94. The molecule has 3 rings (SSSR count). The summed E-state index contributed by atoms with van der Waals surface area (Å²) in [4.78, 5) is 16.8. The van der Waals surface area contributed by atoms with Gasteiger partial charge < -0.3 is 11.1 Å². The minimum absolute atomic E-state index is 0.116. The van der Waals surface area contributed by atoms with Crippen LogP contribution >= 0.6 is 0 Å². The van der Waals surface area contributed by atoms with Crippen LogP contribution in [0.4, 0.5) is 0 Å². The van der Waals surface area contributed by atoms with Gasteiger partial charge in [-0.05, 0) is 25.0 Å². The van der Waals surface area contributed by atoms with Crippen molar-refractivity contribution in [3.8, 4) is 0 Å². The molecular weight excluding hydrogens is 316 g/mol. The van der Waals surface area contributed by atoms with Crippen LogP contribution in [0.25, 0.3) is 5.52 Å². The van der Waals surface area contributed by atoms with Gasteiger partial charge in [0, 0.05) is 19.0 Å². The molecule has 23 heavy (non-hydrogen) atoms. The zero-order valence-corrected chi connectivity index (χ0v) is 13.8. The molecule has 0 atom stereocenters. The van der Waals surface area contributed by atoms with E-state index in [1.165, 1.54) is 4.40 Å². The number of imidazole rings is 1. The number of carbonyl (C=O) groups excluding carboxylic acids is 1. The lowest BCUT2D eigenvalue weighted by Gasteiger charge is -2.28. The van der Waals surface area contributed by atoms with Crippen LogP contribution in [0.2, 0.25) is 0 Å². The standard InChI is InChI=1S/C15H20N4O3S/c1-23(21,22)14-17-12(11-6-2-5-9-19(11)14)13(20)18-15(10-16)7-3-4-8-15/h2,5-6,9H,3-4,7-8,10,16H2,1H3,(H,18,20). The lowest BCUT2D eigenvalue weighted by Crippen LogP contribution is -2.51. The van der Waals surface area contributed by atoms with Crippen LogP contribution in [0.15, 0.2) is 29.6 Å². The van der Waals surface area contributed by atoms with Crippen molar-refractivity contribution in [2.45, 2.75) is 36.4 Å². The molecule has 2 heterocycles. The lowest BCUT2D eigenvalue weighted by molar-refractivity contribution is 0.0900. The summed E-state index contributed by atoms with van der Waals surface area (Å²) in [5, 5.41) is 2.85. The van der Waals surface area contributed by atoms with Gasteiger partial charge in [0.1, 0.15) is 0 Å². The van der Waals surface area contributed by atoms with Gasteiger partial charge in [-0.25, -0.2) is 13.4 Å². The lowest BCUT2D eigenvalue weighted by atomic mass is 9.97. The van der Waals surface area contributed by atoms with E-state index in [-0.39, 0.29) is 16.8 Å². The first-order valence-corrected chi connectivity index (χ1v) is 9.45. The van der Waals surface area contributed by atoms with Gasteiger partial charge in [-0.1, -0.05) is 18.9 Å². The van der Waals surface area contributed by atoms with E-state index in [9.17, 15) is 13.2 Å². The molecule has 7 nitrogen and oxygen atoms in total. The number of nitrogens with two attached hydrogens (primary N) is 1. The van der Waals surface area contributed by atoms with Gasteiger partial charge >= 0.3 is 0 Å². The van der Waals surface area contributed by atoms with Crippen LogP contribution in [0.3, 0.4) is 0 Å². The normalized spacial score (nSPS) is 17.5. The summed E-state index contributed by atoms with van der Waals surface area (Å²) >= 11 is 0. The number of nitrogens with one attached hydrogen (secondary N) is 1. The van der Waals surface area contributed by atoms with Crippen molar-refractivity contribution >= 4 is 21.3 Å². The Morgan fingerprint density at radius 3 is 2.70 bits per heavy atom. The Bertz CT molecular complexity index is 851. The van der Waals surface area contributed by atoms with Crippen molar-refractivity contribution in [3.63, 3.8) is 0 Å². The molecular formula is C15H20N4O3S. The van der Waals surface area contributed by atoms with Crippen molar-refractivity contribution in [1.82, 2.24) is 14.7 Å². The smallest absolute Gasteiger partial charge is 0.272 e. The molecule has 2 aromatic heterocycles. The van der Waals surface area contributed by atoms with Gasteiger partial charge in [0.25, 0.3) is 5.91 Å². The van der Waals surface area contributed by atoms with E-state index in [1.807, 2.05) is 0 Å². The van der Waals surface area contributed by atoms with Crippen LogP contribution in [0.1, 0.15) is 36.2 Å². The van der Waals surface area contributed by atoms with Crippen molar-refractivity contribution in [2.75, 3.05) is 12.8 Å². The maximum Gasteiger partial charge on any atom is 0.272 e. The molecule has 1 fully saturated rings. The van der Waals surface area contributed by atoms with Crippen LogP contribution < -0.4 is 11.1 Å². The summed E-state index contributed by atoms with van der Waals surface area (Å²) < 4.78 is 25.2. The highest BCUT2D eigenvalue weighted by atomic mass is 32.2. The molecule has 1 aliphatic rings. The van der Waals surface area contributed by atoms with E-state index < -0.39 is 15.4 Å². The van der Waals surface area contributed by atoms with Crippen molar-refractivity contribution in [2.24, 2.45) is 5.73 Å². The Hall–Kier alpha value is -1.93. The van der Waals surface area contributed by atoms with Gasteiger partial charge in [-0.3, -0.25) is 9.20 Å². The Morgan fingerprint density at radius 2 is 2.09 bits per heavy atom. The number of amides is 1.